The molecule has 0 aliphatic rings. The SMILES string of the molecule is Cc1ccc(-c2nc(N/N=C/c3c(F)cccc3Cl)sc2NC(=O)Cc2ccccc2)cc1. The van der Waals surface area contributed by atoms with Crippen LogP contribution >= 0.6 is 22.9 Å². The van der Waals surface area contributed by atoms with Crippen molar-refractivity contribution in [1.82, 2.24) is 4.98 Å². The number of nitrogens with one attached hydrogen (secondary N) is 2. The van der Waals surface area contributed by atoms with Crippen LogP contribution < -0.4 is 10.7 Å². The van der Waals surface area contributed by atoms with E-state index in [4.69, 9.17) is 11.6 Å². The van der Waals surface area contributed by atoms with Crippen molar-refractivity contribution in [2.45, 2.75) is 13.3 Å². The standard InChI is InChI=1S/C25H20ClFN4OS/c1-16-10-12-18(13-11-16)23-24(29-22(32)14-17-6-3-2-4-7-17)33-25(30-23)31-28-15-19-20(26)8-5-9-21(19)27/h2-13,15H,14H2,1H3,(H,29,32)(H,30,31)/b28-15+. The Hall–Kier alpha value is -3.55. The Kier molecular flexibility index (Phi) is 7.12. The number of amides is 1. The first-order chi connectivity index (χ1) is 16.0. The average Bonchev–Trinajstić information content (AvgIpc) is 3.19. The van der Waals surface area contributed by atoms with E-state index in [2.05, 4.69) is 20.8 Å². The maximum Gasteiger partial charge on any atom is 0.229 e. The lowest BCUT2D eigenvalue weighted by Gasteiger charge is -2.06. The lowest BCUT2D eigenvalue weighted by Crippen LogP contribution is -2.14. The van der Waals surface area contributed by atoms with Crippen LogP contribution in [-0.2, 0) is 11.2 Å². The Morgan fingerprint density at radius 2 is 1.85 bits per heavy atom. The van der Waals surface area contributed by atoms with Crippen molar-refractivity contribution in [2.24, 2.45) is 5.10 Å². The van der Waals surface area contributed by atoms with E-state index >= 15 is 0 Å². The summed E-state index contributed by atoms with van der Waals surface area (Å²) in [4.78, 5) is 17.3. The molecule has 0 saturated heterocycles. The molecule has 0 saturated carbocycles. The van der Waals surface area contributed by atoms with E-state index < -0.39 is 5.82 Å². The van der Waals surface area contributed by atoms with Crippen LogP contribution in [0.15, 0.2) is 77.9 Å². The summed E-state index contributed by atoms with van der Waals surface area (Å²) in [7, 11) is 0. The van der Waals surface area contributed by atoms with Gasteiger partial charge in [-0.25, -0.2) is 9.37 Å². The van der Waals surface area contributed by atoms with Gasteiger partial charge < -0.3 is 5.32 Å². The van der Waals surface area contributed by atoms with Crippen molar-refractivity contribution in [3.05, 3.63) is 100 Å². The van der Waals surface area contributed by atoms with Gasteiger partial charge in [0.05, 0.1) is 17.7 Å². The molecule has 8 heteroatoms. The number of anilines is 2. The van der Waals surface area contributed by atoms with Crippen LogP contribution in [0.25, 0.3) is 11.3 Å². The smallest absolute Gasteiger partial charge is 0.229 e. The van der Waals surface area contributed by atoms with Gasteiger partial charge in [0.25, 0.3) is 0 Å². The average molecular weight is 479 g/mol. The first-order valence-electron chi connectivity index (χ1n) is 10.1. The zero-order valence-electron chi connectivity index (χ0n) is 17.7. The van der Waals surface area contributed by atoms with E-state index in [1.165, 1.54) is 29.7 Å². The number of carbonyl (C=O) groups excluding carboxylic acids is 1. The second kappa shape index (κ2) is 10.4. The maximum absolute atomic E-state index is 14.0. The zero-order chi connectivity index (χ0) is 23.2. The van der Waals surface area contributed by atoms with E-state index in [-0.39, 0.29) is 22.9 Å². The van der Waals surface area contributed by atoms with Crippen LogP contribution in [0.5, 0.6) is 0 Å². The van der Waals surface area contributed by atoms with Gasteiger partial charge in [0.1, 0.15) is 16.5 Å². The molecule has 4 rings (SSSR count). The molecular weight excluding hydrogens is 459 g/mol. The second-order valence-electron chi connectivity index (χ2n) is 7.28. The number of hydrazone groups is 1. The van der Waals surface area contributed by atoms with Crippen molar-refractivity contribution < 1.29 is 9.18 Å². The molecule has 5 nitrogen and oxygen atoms in total. The molecular formula is C25H20ClFN4OS. The third-order valence-corrected chi connectivity index (χ3v) is 5.97. The first-order valence-corrected chi connectivity index (χ1v) is 11.3. The Morgan fingerprint density at radius 1 is 1.09 bits per heavy atom. The van der Waals surface area contributed by atoms with Gasteiger partial charge >= 0.3 is 0 Å². The Labute approximate surface area is 200 Å². The molecule has 33 heavy (non-hydrogen) atoms. The number of halogens is 2. The van der Waals surface area contributed by atoms with Gasteiger partial charge in [-0.3, -0.25) is 10.2 Å². The van der Waals surface area contributed by atoms with Gasteiger partial charge in [-0.2, -0.15) is 5.10 Å². The summed E-state index contributed by atoms with van der Waals surface area (Å²) in [6.07, 6.45) is 1.55. The van der Waals surface area contributed by atoms with Crippen molar-refractivity contribution in [1.29, 1.82) is 0 Å². The number of benzene rings is 3. The van der Waals surface area contributed by atoms with Gasteiger partial charge in [-0.15, -0.1) is 0 Å². The number of thiazole rings is 1. The Bertz CT molecular complexity index is 1270. The summed E-state index contributed by atoms with van der Waals surface area (Å²) >= 11 is 7.28. The molecule has 2 N–H and O–H groups in total. The van der Waals surface area contributed by atoms with Crippen molar-refractivity contribution >= 4 is 45.2 Å². The quantitative estimate of drug-likeness (QED) is 0.234. The third kappa shape index (κ3) is 5.83. The lowest BCUT2D eigenvalue weighted by molar-refractivity contribution is -0.115. The van der Waals surface area contributed by atoms with Crippen LogP contribution in [-0.4, -0.2) is 17.1 Å². The highest BCUT2D eigenvalue weighted by molar-refractivity contribution is 7.20. The molecule has 0 spiro atoms. The van der Waals surface area contributed by atoms with Crippen LogP contribution in [0.2, 0.25) is 5.02 Å². The highest BCUT2D eigenvalue weighted by Crippen LogP contribution is 2.36. The van der Waals surface area contributed by atoms with E-state index in [1.54, 1.807) is 6.07 Å². The monoisotopic (exact) mass is 478 g/mol. The van der Waals surface area contributed by atoms with Crippen molar-refractivity contribution in [2.75, 3.05) is 10.7 Å². The normalized spacial score (nSPS) is 11.0. The molecule has 1 amide bonds. The van der Waals surface area contributed by atoms with Crippen LogP contribution in [0.1, 0.15) is 16.7 Å². The summed E-state index contributed by atoms with van der Waals surface area (Å²) in [6.45, 7) is 2.00. The molecule has 1 heterocycles. The van der Waals surface area contributed by atoms with E-state index in [1.807, 2.05) is 61.5 Å². The molecule has 0 unspecified atom stereocenters. The zero-order valence-corrected chi connectivity index (χ0v) is 19.3. The van der Waals surface area contributed by atoms with Crippen LogP contribution in [0, 0.1) is 12.7 Å². The second-order valence-corrected chi connectivity index (χ2v) is 8.68. The molecule has 0 bridgehead atoms. The van der Waals surface area contributed by atoms with Crippen molar-refractivity contribution in [3.63, 3.8) is 0 Å². The number of nitrogens with zero attached hydrogens (tertiary/aromatic N) is 2. The predicted molar refractivity (Wildman–Crippen MR) is 134 cm³/mol. The fraction of sp³-hybridized carbons (Fsp3) is 0.0800. The molecule has 0 atom stereocenters. The topological polar surface area (TPSA) is 66.4 Å². The molecule has 0 aliphatic carbocycles. The fourth-order valence-corrected chi connectivity index (χ4v) is 4.16. The molecule has 0 aliphatic heterocycles. The largest absolute Gasteiger partial charge is 0.316 e. The highest BCUT2D eigenvalue weighted by atomic mass is 35.5. The minimum atomic E-state index is -0.471. The van der Waals surface area contributed by atoms with E-state index in [9.17, 15) is 9.18 Å². The van der Waals surface area contributed by atoms with Gasteiger partial charge in [0.15, 0.2) is 0 Å². The fourth-order valence-electron chi connectivity index (χ4n) is 3.10. The lowest BCUT2D eigenvalue weighted by atomic mass is 10.1. The van der Waals surface area contributed by atoms with Gasteiger partial charge in [0, 0.05) is 11.1 Å². The van der Waals surface area contributed by atoms with Gasteiger partial charge in [-0.05, 0) is 24.6 Å². The molecule has 4 aromatic rings. The molecule has 166 valence electrons. The van der Waals surface area contributed by atoms with Gasteiger partial charge in [-0.1, -0.05) is 89.2 Å². The van der Waals surface area contributed by atoms with E-state index in [0.717, 1.165) is 16.7 Å². The van der Waals surface area contributed by atoms with Crippen molar-refractivity contribution in [3.8, 4) is 11.3 Å². The van der Waals surface area contributed by atoms with Crippen LogP contribution in [0.4, 0.5) is 14.5 Å². The summed E-state index contributed by atoms with van der Waals surface area (Å²) in [5, 5.41) is 8.35. The summed E-state index contributed by atoms with van der Waals surface area (Å²) < 4.78 is 14.0. The minimum Gasteiger partial charge on any atom is -0.316 e. The molecule has 0 fully saturated rings. The number of hydrogen-bond acceptors (Lipinski definition) is 5. The number of carbonyl (C=O) groups is 1. The highest BCUT2D eigenvalue weighted by Gasteiger charge is 2.16. The summed E-state index contributed by atoms with van der Waals surface area (Å²) in [5.41, 5.74) is 6.52. The third-order valence-electron chi connectivity index (χ3n) is 4.77. The van der Waals surface area contributed by atoms with Crippen LogP contribution in [0.3, 0.4) is 0 Å². The molecule has 1 aromatic heterocycles. The molecule has 3 aromatic carbocycles. The Morgan fingerprint density at radius 3 is 2.58 bits per heavy atom. The summed E-state index contributed by atoms with van der Waals surface area (Å²) in [6, 6.07) is 21.8. The Balaban J connectivity index is 1.57. The number of hydrogen-bond donors (Lipinski definition) is 2. The number of aryl methyl sites for hydroxylation is 1. The van der Waals surface area contributed by atoms with Gasteiger partial charge in [0.2, 0.25) is 11.0 Å². The maximum atomic E-state index is 14.0. The summed E-state index contributed by atoms with van der Waals surface area (Å²) in [5.74, 6) is -0.618. The number of aromatic nitrogens is 1. The van der Waals surface area contributed by atoms with E-state index in [0.29, 0.717) is 15.8 Å². The minimum absolute atomic E-state index is 0.147. The number of rotatable bonds is 7. The first kappa shape index (κ1) is 22.6. The molecule has 0 radical (unpaired) electrons. The predicted octanol–water partition coefficient (Wildman–Crippen LogP) is 6.54.